The third kappa shape index (κ3) is 2.01. The van der Waals surface area contributed by atoms with Crippen molar-refractivity contribution in [3.05, 3.63) is 12.2 Å². The van der Waals surface area contributed by atoms with Crippen LogP contribution in [0.2, 0.25) is 0 Å². The van der Waals surface area contributed by atoms with E-state index in [4.69, 9.17) is 14.6 Å². The maximum atomic E-state index is 11.7. The smallest absolute Gasteiger partial charge is 0.335 e. The van der Waals surface area contributed by atoms with Gasteiger partial charge in [-0.05, 0) is 24.7 Å². The first kappa shape index (κ1) is 12.8. The van der Waals surface area contributed by atoms with Crippen LogP contribution in [0.1, 0.15) is 19.3 Å². The zero-order valence-electron chi connectivity index (χ0n) is 10.7. The molecule has 2 saturated heterocycles. The Morgan fingerprint density at radius 1 is 1.53 bits per heavy atom. The summed E-state index contributed by atoms with van der Waals surface area (Å²) in [5.41, 5.74) is 0.0697. The lowest BCUT2D eigenvalue weighted by molar-refractivity contribution is -0.140. The van der Waals surface area contributed by atoms with Gasteiger partial charge in [0, 0.05) is 12.3 Å². The van der Waals surface area contributed by atoms with Crippen LogP contribution in [0.4, 0.5) is 0 Å². The van der Waals surface area contributed by atoms with Gasteiger partial charge in [-0.3, -0.25) is 4.79 Å². The molecule has 5 atom stereocenters. The molecule has 5 unspecified atom stereocenters. The van der Waals surface area contributed by atoms with Crippen molar-refractivity contribution < 1.29 is 24.2 Å². The molecule has 3 aliphatic rings. The van der Waals surface area contributed by atoms with Crippen LogP contribution >= 0.6 is 0 Å². The summed E-state index contributed by atoms with van der Waals surface area (Å²) >= 11 is 0. The Hall–Kier alpha value is -1.20. The van der Waals surface area contributed by atoms with Gasteiger partial charge in [0.1, 0.15) is 5.78 Å². The van der Waals surface area contributed by atoms with Crippen LogP contribution in [0.25, 0.3) is 0 Å². The molecule has 2 aliphatic heterocycles. The molecule has 3 rings (SSSR count). The summed E-state index contributed by atoms with van der Waals surface area (Å²) in [7, 11) is 0. The second-order valence-electron chi connectivity index (χ2n) is 5.67. The number of hydrogen-bond donors (Lipinski definition) is 1. The van der Waals surface area contributed by atoms with Gasteiger partial charge < -0.3 is 14.6 Å². The van der Waals surface area contributed by atoms with Crippen LogP contribution in [0.15, 0.2) is 12.2 Å². The molecule has 0 aromatic carbocycles. The Kier molecular flexibility index (Phi) is 3.19. The van der Waals surface area contributed by atoms with Crippen molar-refractivity contribution in [2.75, 3.05) is 13.2 Å². The average molecular weight is 266 g/mol. The molecule has 0 radical (unpaired) electrons. The van der Waals surface area contributed by atoms with E-state index in [1.54, 1.807) is 0 Å². The summed E-state index contributed by atoms with van der Waals surface area (Å²) in [6, 6.07) is 0. The molecule has 2 bridgehead atoms. The van der Waals surface area contributed by atoms with Gasteiger partial charge in [0.2, 0.25) is 0 Å². The Morgan fingerprint density at radius 2 is 2.32 bits per heavy atom. The normalized spacial score (nSPS) is 38.8. The lowest BCUT2D eigenvalue weighted by Crippen LogP contribution is -2.28. The van der Waals surface area contributed by atoms with Crippen LogP contribution in [0.5, 0.6) is 0 Å². The van der Waals surface area contributed by atoms with Crippen molar-refractivity contribution in [3.8, 4) is 0 Å². The van der Waals surface area contributed by atoms with E-state index in [9.17, 15) is 9.59 Å². The molecule has 1 N–H and O–H groups in total. The third-order valence-corrected chi connectivity index (χ3v) is 4.68. The molecular formula is C14H18O5. The first-order valence-electron chi connectivity index (χ1n) is 6.75. The lowest BCUT2D eigenvalue weighted by Gasteiger charge is -2.23. The van der Waals surface area contributed by atoms with Crippen molar-refractivity contribution in [2.24, 2.45) is 17.8 Å². The van der Waals surface area contributed by atoms with E-state index in [1.165, 1.54) is 0 Å². The van der Waals surface area contributed by atoms with Crippen LogP contribution < -0.4 is 0 Å². The zero-order chi connectivity index (χ0) is 13.6. The van der Waals surface area contributed by atoms with Gasteiger partial charge in [-0.15, -0.1) is 0 Å². The Balaban J connectivity index is 1.51. The molecular weight excluding hydrogens is 248 g/mol. The van der Waals surface area contributed by atoms with E-state index in [2.05, 4.69) is 6.58 Å². The van der Waals surface area contributed by atoms with Gasteiger partial charge in [0.15, 0.2) is 0 Å². The maximum Gasteiger partial charge on any atom is 0.335 e. The minimum Gasteiger partial charge on any atom is -0.462 e. The van der Waals surface area contributed by atoms with Crippen molar-refractivity contribution in [1.82, 2.24) is 0 Å². The van der Waals surface area contributed by atoms with E-state index < -0.39 is 5.97 Å². The molecule has 19 heavy (non-hydrogen) atoms. The fourth-order valence-electron chi connectivity index (χ4n) is 3.75. The second-order valence-corrected chi connectivity index (χ2v) is 5.67. The molecule has 5 nitrogen and oxygen atoms in total. The third-order valence-electron chi connectivity index (χ3n) is 4.68. The van der Waals surface area contributed by atoms with E-state index in [0.29, 0.717) is 30.6 Å². The molecule has 1 aliphatic carbocycles. The van der Waals surface area contributed by atoms with Gasteiger partial charge in [-0.1, -0.05) is 6.58 Å². The molecule has 0 aromatic heterocycles. The van der Waals surface area contributed by atoms with Crippen LogP contribution in [0, 0.1) is 17.8 Å². The van der Waals surface area contributed by atoms with Gasteiger partial charge in [-0.2, -0.15) is 0 Å². The SMILES string of the molecule is C=C(CO)C(=O)OCCC1C2CC3C(=O)CC1C3O2. The number of rotatable bonds is 5. The van der Waals surface area contributed by atoms with Gasteiger partial charge in [-0.25, -0.2) is 4.79 Å². The second kappa shape index (κ2) is 4.72. The molecule has 3 fully saturated rings. The number of ketones is 1. The molecule has 0 aromatic rings. The van der Waals surface area contributed by atoms with Crippen molar-refractivity contribution in [3.63, 3.8) is 0 Å². The molecule has 1 saturated carbocycles. The van der Waals surface area contributed by atoms with Gasteiger partial charge in [0.25, 0.3) is 0 Å². The summed E-state index contributed by atoms with van der Waals surface area (Å²) < 4.78 is 10.9. The highest BCUT2D eigenvalue weighted by Gasteiger charge is 2.60. The highest BCUT2D eigenvalue weighted by atomic mass is 16.5. The minimum atomic E-state index is -0.549. The minimum absolute atomic E-state index is 0.0697. The van der Waals surface area contributed by atoms with Crippen molar-refractivity contribution in [2.45, 2.75) is 31.5 Å². The molecule has 0 spiro atoms. The predicted octanol–water partition coefficient (Wildman–Crippen LogP) is 0.461. The van der Waals surface area contributed by atoms with Crippen molar-refractivity contribution in [1.29, 1.82) is 0 Å². The number of Topliss-reactive ketones (excluding diaryl/α,β-unsaturated/α-hetero) is 1. The Bertz CT molecular complexity index is 430. The average Bonchev–Trinajstić information content (AvgIpc) is 3.01. The fraction of sp³-hybridized carbons (Fsp3) is 0.714. The number of carbonyl (C=O) groups excluding carboxylic acids is 2. The number of hydrogen-bond acceptors (Lipinski definition) is 5. The molecule has 0 amide bonds. The Morgan fingerprint density at radius 3 is 3.05 bits per heavy atom. The number of fused-ring (bicyclic) bond motifs is 1. The predicted molar refractivity (Wildman–Crippen MR) is 65.2 cm³/mol. The quantitative estimate of drug-likeness (QED) is 0.578. The highest BCUT2D eigenvalue weighted by Crippen LogP contribution is 2.54. The highest BCUT2D eigenvalue weighted by molar-refractivity contribution is 5.88. The van der Waals surface area contributed by atoms with Crippen LogP contribution in [-0.4, -0.2) is 42.3 Å². The largest absolute Gasteiger partial charge is 0.462 e. The number of aliphatic hydroxyl groups excluding tert-OH is 1. The van der Waals surface area contributed by atoms with E-state index in [-0.39, 0.29) is 30.3 Å². The standard InChI is InChI=1S/C14H18O5/c1-7(6-15)14(17)18-3-2-8-9-4-11(16)10-5-12(8)19-13(9)10/h8-10,12-13,15H,1-6H2. The van der Waals surface area contributed by atoms with Crippen LogP contribution in [0.3, 0.4) is 0 Å². The maximum absolute atomic E-state index is 11.7. The monoisotopic (exact) mass is 266 g/mol. The van der Waals surface area contributed by atoms with E-state index in [1.807, 2.05) is 0 Å². The van der Waals surface area contributed by atoms with Crippen molar-refractivity contribution >= 4 is 11.8 Å². The summed E-state index contributed by atoms with van der Waals surface area (Å²) in [6.45, 7) is 3.33. The fourth-order valence-corrected chi connectivity index (χ4v) is 3.75. The van der Waals surface area contributed by atoms with Gasteiger partial charge in [0.05, 0.1) is 31.0 Å². The topological polar surface area (TPSA) is 72.8 Å². The Labute approximate surface area is 111 Å². The number of ether oxygens (including phenoxy) is 2. The first-order valence-corrected chi connectivity index (χ1v) is 6.75. The molecule has 5 heteroatoms. The van der Waals surface area contributed by atoms with E-state index >= 15 is 0 Å². The first-order chi connectivity index (χ1) is 9.11. The van der Waals surface area contributed by atoms with Gasteiger partial charge >= 0.3 is 5.97 Å². The summed E-state index contributed by atoms with van der Waals surface area (Å²) in [5, 5.41) is 8.76. The number of esters is 1. The molecule has 2 heterocycles. The number of carbonyl (C=O) groups is 2. The zero-order valence-corrected chi connectivity index (χ0v) is 10.7. The molecule has 104 valence electrons. The number of aliphatic hydroxyl groups is 1. The van der Waals surface area contributed by atoms with Crippen LogP contribution in [-0.2, 0) is 19.1 Å². The summed E-state index contributed by atoms with van der Waals surface area (Å²) in [4.78, 5) is 23.1. The van der Waals surface area contributed by atoms with E-state index in [0.717, 1.165) is 12.8 Å². The summed E-state index contributed by atoms with van der Waals surface area (Å²) in [6.07, 6.45) is 2.45. The lowest BCUT2D eigenvalue weighted by atomic mass is 9.78. The summed E-state index contributed by atoms with van der Waals surface area (Å²) in [5.74, 6) is 0.555.